The van der Waals surface area contributed by atoms with E-state index in [-0.39, 0.29) is 18.1 Å². The number of methoxy groups -OCH3 is 2. The first kappa shape index (κ1) is 18.8. The first-order chi connectivity index (χ1) is 13.1. The van der Waals surface area contributed by atoms with E-state index in [4.69, 9.17) is 9.47 Å². The van der Waals surface area contributed by atoms with Gasteiger partial charge in [-0.05, 0) is 42.8 Å². The number of benzene rings is 2. The van der Waals surface area contributed by atoms with Gasteiger partial charge < -0.3 is 14.8 Å². The maximum absolute atomic E-state index is 13.0. The second-order valence-corrected chi connectivity index (χ2v) is 6.62. The molecule has 0 aliphatic heterocycles. The number of halogens is 1. The summed E-state index contributed by atoms with van der Waals surface area (Å²) in [5, 5.41) is 5.56. The van der Waals surface area contributed by atoms with Gasteiger partial charge in [0.15, 0.2) is 0 Å². The lowest BCUT2D eigenvalue weighted by molar-refractivity contribution is -0.116. The van der Waals surface area contributed by atoms with Crippen molar-refractivity contribution in [2.45, 2.75) is 12.8 Å². The molecule has 0 fully saturated rings. The molecule has 140 valence electrons. The van der Waals surface area contributed by atoms with Gasteiger partial charge in [-0.2, -0.15) is 0 Å². The van der Waals surface area contributed by atoms with Gasteiger partial charge in [-0.1, -0.05) is 0 Å². The SMILES string of the molecule is COc1ccc(OC)c(NC(=O)CCc2csc(-c3ccc(F)cc3)n2)c1. The molecule has 0 atom stereocenters. The molecule has 0 saturated heterocycles. The summed E-state index contributed by atoms with van der Waals surface area (Å²) in [6, 6.07) is 11.4. The third kappa shape index (κ3) is 4.83. The highest BCUT2D eigenvalue weighted by Crippen LogP contribution is 2.29. The third-order valence-corrected chi connectivity index (χ3v) is 4.87. The summed E-state index contributed by atoms with van der Waals surface area (Å²) in [7, 11) is 3.11. The van der Waals surface area contributed by atoms with Gasteiger partial charge in [-0.3, -0.25) is 4.79 Å². The number of carbonyl (C=O) groups is 1. The van der Waals surface area contributed by atoms with Gasteiger partial charge in [0.1, 0.15) is 22.3 Å². The van der Waals surface area contributed by atoms with Crippen LogP contribution in [0.25, 0.3) is 10.6 Å². The van der Waals surface area contributed by atoms with E-state index < -0.39 is 0 Å². The van der Waals surface area contributed by atoms with Crippen molar-refractivity contribution in [3.63, 3.8) is 0 Å². The lowest BCUT2D eigenvalue weighted by atomic mass is 10.2. The Bertz CT molecular complexity index is 925. The number of hydrogen-bond acceptors (Lipinski definition) is 5. The molecule has 5 nitrogen and oxygen atoms in total. The molecule has 0 bridgehead atoms. The van der Waals surface area contributed by atoms with Gasteiger partial charge in [0.05, 0.1) is 25.6 Å². The summed E-state index contributed by atoms with van der Waals surface area (Å²) in [6.07, 6.45) is 0.794. The molecule has 27 heavy (non-hydrogen) atoms. The molecule has 3 rings (SSSR count). The molecular formula is C20H19FN2O3S. The molecule has 1 amide bonds. The van der Waals surface area contributed by atoms with Gasteiger partial charge in [0, 0.05) is 23.4 Å². The van der Waals surface area contributed by atoms with Crippen LogP contribution in [0.4, 0.5) is 10.1 Å². The van der Waals surface area contributed by atoms with Crippen molar-refractivity contribution in [3.8, 4) is 22.1 Å². The molecule has 0 saturated carbocycles. The number of thiazole rings is 1. The third-order valence-electron chi connectivity index (χ3n) is 3.93. The Balaban J connectivity index is 1.61. The minimum Gasteiger partial charge on any atom is -0.497 e. The molecule has 0 aliphatic carbocycles. The Hall–Kier alpha value is -2.93. The lowest BCUT2D eigenvalue weighted by Crippen LogP contribution is -2.13. The first-order valence-corrected chi connectivity index (χ1v) is 9.19. The van der Waals surface area contributed by atoms with Crippen LogP contribution in [0.5, 0.6) is 11.5 Å². The number of amides is 1. The smallest absolute Gasteiger partial charge is 0.224 e. The zero-order chi connectivity index (χ0) is 19.2. The first-order valence-electron chi connectivity index (χ1n) is 8.31. The normalized spacial score (nSPS) is 10.5. The van der Waals surface area contributed by atoms with E-state index in [1.807, 2.05) is 5.38 Å². The van der Waals surface area contributed by atoms with Crippen molar-refractivity contribution in [3.05, 3.63) is 59.4 Å². The minimum absolute atomic E-state index is 0.141. The van der Waals surface area contributed by atoms with Crippen molar-refractivity contribution >= 4 is 22.9 Å². The van der Waals surface area contributed by atoms with E-state index >= 15 is 0 Å². The fourth-order valence-electron chi connectivity index (χ4n) is 2.51. The van der Waals surface area contributed by atoms with Crippen LogP contribution in [0.2, 0.25) is 0 Å². The second kappa shape index (κ2) is 8.64. The maximum Gasteiger partial charge on any atom is 0.224 e. The summed E-state index contributed by atoms with van der Waals surface area (Å²) in [5.41, 5.74) is 2.25. The van der Waals surface area contributed by atoms with Gasteiger partial charge in [0.25, 0.3) is 0 Å². The van der Waals surface area contributed by atoms with Crippen LogP contribution in [0.15, 0.2) is 47.8 Å². The predicted molar refractivity (Wildman–Crippen MR) is 104 cm³/mol. The number of rotatable bonds is 7. The Morgan fingerprint density at radius 1 is 1.15 bits per heavy atom. The van der Waals surface area contributed by atoms with Crippen molar-refractivity contribution in [2.75, 3.05) is 19.5 Å². The number of nitrogens with one attached hydrogen (secondary N) is 1. The van der Waals surface area contributed by atoms with Crippen LogP contribution in [-0.4, -0.2) is 25.1 Å². The van der Waals surface area contributed by atoms with E-state index in [1.165, 1.54) is 23.5 Å². The number of anilines is 1. The van der Waals surface area contributed by atoms with Crippen LogP contribution in [0.3, 0.4) is 0 Å². The largest absolute Gasteiger partial charge is 0.497 e. The van der Waals surface area contributed by atoms with Crippen LogP contribution in [0.1, 0.15) is 12.1 Å². The van der Waals surface area contributed by atoms with Crippen molar-refractivity contribution < 1.29 is 18.7 Å². The molecule has 0 radical (unpaired) electrons. The highest BCUT2D eigenvalue weighted by atomic mass is 32.1. The standard InChI is InChI=1S/C20H19FN2O3S/c1-25-16-8-9-18(26-2)17(11-16)23-19(24)10-7-15-12-27-20(22-15)13-3-5-14(21)6-4-13/h3-6,8-9,11-12H,7,10H2,1-2H3,(H,23,24). The number of carbonyl (C=O) groups excluding carboxylic acids is 1. The van der Waals surface area contributed by atoms with Gasteiger partial charge in [-0.15, -0.1) is 11.3 Å². The van der Waals surface area contributed by atoms with Crippen LogP contribution in [-0.2, 0) is 11.2 Å². The minimum atomic E-state index is -0.278. The van der Waals surface area contributed by atoms with Crippen LogP contribution >= 0.6 is 11.3 Å². The van der Waals surface area contributed by atoms with E-state index in [9.17, 15) is 9.18 Å². The monoisotopic (exact) mass is 386 g/mol. The summed E-state index contributed by atoms with van der Waals surface area (Å²) in [6.45, 7) is 0. The molecule has 3 aromatic rings. The van der Waals surface area contributed by atoms with E-state index in [0.29, 0.717) is 23.6 Å². The maximum atomic E-state index is 13.0. The average molecular weight is 386 g/mol. The summed E-state index contributed by atoms with van der Waals surface area (Å²) < 4.78 is 23.5. The predicted octanol–water partition coefficient (Wildman–Crippen LogP) is 4.54. The second-order valence-electron chi connectivity index (χ2n) is 5.77. The van der Waals surface area contributed by atoms with Crippen molar-refractivity contribution in [2.24, 2.45) is 0 Å². The Labute approximate surface area is 160 Å². The number of aryl methyl sites for hydroxylation is 1. The number of ether oxygens (including phenoxy) is 2. The zero-order valence-electron chi connectivity index (χ0n) is 15.0. The molecule has 7 heteroatoms. The van der Waals surface area contributed by atoms with Gasteiger partial charge in [0.2, 0.25) is 5.91 Å². The number of nitrogens with zero attached hydrogens (tertiary/aromatic N) is 1. The van der Waals surface area contributed by atoms with Crippen LogP contribution < -0.4 is 14.8 Å². The molecule has 1 aromatic heterocycles. The van der Waals surface area contributed by atoms with Gasteiger partial charge in [-0.25, -0.2) is 9.37 Å². The van der Waals surface area contributed by atoms with E-state index in [0.717, 1.165) is 16.3 Å². The average Bonchev–Trinajstić information content (AvgIpc) is 3.16. The van der Waals surface area contributed by atoms with Crippen LogP contribution in [0, 0.1) is 5.82 Å². The molecule has 1 N–H and O–H groups in total. The molecular weight excluding hydrogens is 367 g/mol. The molecule has 0 spiro atoms. The number of hydrogen-bond donors (Lipinski definition) is 1. The Kier molecular flexibility index (Phi) is 6.03. The van der Waals surface area contributed by atoms with Crippen molar-refractivity contribution in [1.82, 2.24) is 4.98 Å². The fraction of sp³-hybridized carbons (Fsp3) is 0.200. The molecule has 2 aromatic carbocycles. The quantitative estimate of drug-likeness (QED) is 0.648. The molecule has 1 heterocycles. The molecule has 0 unspecified atom stereocenters. The summed E-state index contributed by atoms with van der Waals surface area (Å²) >= 11 is 1.47. The molecule has 0 aliphatic rings. The highest BCUT2D eigenvalue weighted by Gasteiger charge is 2.11. The topological polar surface area (TPSA) is 60.5 Å². The lowest BCUT2D eigenvalue weighted by Gasteiger charge is -2.11. The summed E-state index contributed by atoms with van der Waals surface area (Å²) in [5.74, 6) is 0.781. The fourth-order valence-corrected chi connectivity index (χ4v) is 3.37. The summed E-state index contributed by atoms with van der Waals surface area (Å²) in [4.78, 5) is 16.8. The zero-order valence-corrected chi connectivity index (χ0v) is 15.8. The Morgan fingerprint density at radius 3 is 2.63 bits per heavy atom. The highest BCUT2D eigenvalue weighted by molar-refractivity contribution is 7.13. The van der Waals surface area contributed by atoms with E-state index in [2.05, 4.69) is 10.3 Å². The van der Waals surface area contributed by atoms with Crippen molar-refractivity contribution in [1.29, 1.82) is 0 Å². The number of aromatic nitrogens is 1. The van der Waals surface area contributed by atoms with E-state index in [1.54, 1.807) is 44.6 Å². The van der Waals surface area contributed by atoms with Gasteiger partial charge >= 0.3 is 0 Å². The Morgan fingerprint density at radius 2 is 1.93 bits per heavy atom.